The van der Waals surface area contributed by atoms with Crippen molar-refractivity contribution in [2.24, 2.45) is 0 Å². The first-order chi connectivity index (χ1) is 14.3. The van der Waals surface area contributed by atoms with E-state index < -0.39 is 5.91 Å². The zero-order valence-electron chi connectivity index (χ0n) is 16.7. The maximum absolute atomic E-state index is 12.4. The highest BCUT2D eigenvalue weighted by Crippen LogP contribution is 2.34. The Bertz CT molecular complexity index is 1230. The van der Waals surface area contributed by atoms with E-state index in [1.165, 1.54) is 29.1 Å². The monoisotopic (exact) mass is 433 g/mol. The molecule has 0 spiro atoms. The van der Waals surface area contributed by atoms with Crippen molar-refractivity contribution in [2.45, 2.75) is 30.7 Å². The third-order valence-corrected chi connectivity index (χ3v) is 6.09. The molecule has 3 aromatic rings. The molecular weight excluding hydrogens is 414 g/mol. The molecule has 0 unspecified atom stereocenters. The van der Waals surface area contributed by atoms with Gasteiger partial charge in [0.1, 0.15) is 10.7 Å². The summed E-state index contributed by atoms with van der Waals surface area (Å²) in [6.45, 7) is 5.44. The number of pyridine rings is 1. The van der Waals surface area contributed by atoms with Gasteiger partial charge in [-0.1, -0.05) is 47.7 Å². The molecular formula is C23H19N3O2S2. The number of thiocarbonyl (C=S) groups is 1. The number of carbonyl (C=O) groups excluding carboxylic acids is 2. The first-order valence-electron chi connectivity index (χ1n) is 9.36. The lowest BCUT2D eigenvalue weighted by Gasteiger charge is -2.14. The van der Waals surface area contributed by atoms with Gasteiger partial charge >= 0.3 is 0 Å². The number of hydrogen-bond donors (Lipinski definition) is 1. The fourth-order valence-corrected chi connectivity index (χ4v) is 4.45. The lowest BCUT2D eigenvalue weighted by Crippen LogP contribution is -2.31. The highest BCUT2D eigenvalue weighted by molar-refractivity contribution is 7.99. The highest BCUT2D eigenvalue weighted by Gasteiger charge is 2.33. The van der Waals surface area contributed by atoms with Gasteiger partial charge < -0.3 is 0 Å². The lowest BCUT2D eigenvalue weighted by molar-refractivity contribution is -0.125. The average molecular weight is 434 g/mol. The molecule has 1 N–H and O–H groups in total. The topological polar surface area (TPSA) is 62.3 Å². The third kappa shape index (κ3) is 3.86. The van der Waals surface area contributed by atoms with Crippen molar-refractivity contribution in [1.82, 2.24) is 15.2 Å². The Labute approximate surface area is 184 Å². The fraction of sp³-hybridized carbons (Fsp3) is 0.130. The number of rotatable bonds is 3. The van der Waals surface area contributed by atoms with E-state index in [0.717, 1.165) is 32.0 Å². The number of fused-ring (bicyclic) bond motifs is 1. The lowest BCUT2D eigenvalue weighted by atomic mass is 10.1. The summed E-state index contributed by atoms with van der Waals surface area (Å²) in [5.41, 5.74) is 4.11. The number of amides is 2. The van der Waals surface area contributed by atoms with Crippen LogP contribution in [-0.2, 0) is 9.59 Å². The Hall–Kier alpha value is -3.03. The summed E-state index contributed by atoms with van der Waals surface area (Å²) < 4.78 is 0. The van der Waals surface area contributed by atoms with E-state index in [4.69, 9.17) is 17.2 Å². The largest absolute Gasteiger partial charge is 0.297 e. The summed E-state index contributed by atoms with van der Waals surface area (Å²) in [6, 6.07) is 16.2. The molecule has 1 aliphatic rings. The van der Waals surface area contributed by atoms with Crippen LogP contribution < -0.4 is 5.32 Å². The van der Waals surface area contributed by atoms with Gasteiger partial charge in [0.25, 0.3) is 5.91 Å². The van der Waals surface area contributed by atoms with E-state index in [-0.39, 0.29) is 16.7 Å². The van der Waals surface area contributed by atoms with Crippen molar-refractivity contribution in [3.05, 3.63) is 70.9 Å². The maximum atomic E-state index is 12.4. The van der Waals surface area contributed by atoms with E-state index in [9.17, 15) is 9.59 Å². The molecule has 0 saturated carbocycles. The van der Waals surface area contributed by atoms with E-state index >= 15 is 0 Å². The van der Waals surface area contributed by atoms with Gasteiger partial charge in [-0.05, 0) is 55.9 Å². The van der Waals surface area contributed by atoms with Crippen LogP contribution in [-0.4, -0.2) is 26.8 Å². The zero-order valence-corrected chi connectivity index (χ0v) is 18.4. The minimum Gasteiger partial charge on any atom is -0.297 e. The Kier molecular flexibility index (Phi) is 5.40. The van der Waals surface area contributed by atoms with Crippen molar-refractivity contribution >= 4 is 57.9 Å². The smallest absolute Gasteiger partial charge is 0.274 e. The maximum Gasteiger partial charge on any atom is 0.274 e. The molecule has 7 heteroatoms. The van der Waals surface area contributed by atoms with Gasteiger partial charge in [0.15, 0.2) is 5.11 Å². The van der Waals surface area contributed by atoms with Crippen LogP contribution in [0.2, 0.25) is 0 Å². The molecule has 0 aliphatic carbocycles. The normalized spacial score (nSPS) is 15.2. The van der Waals surface area contributed by atoms with E-state index in [0.29, 0.717) is 0 Å². The van der Waals surface area contributed by atoms with Crippen LogP contribution in [0.15, 0.2) is 64.1 Å². The first kappa shape index (κ1) is 20.3. The Morgan fingerprint density at radius 1 is 1.17 bits per heavy atom. The Balaban J connectivity index is 1.89. The standard InChI is InChI=1S/C23H19N3O2S2/c1-13-7-9-18(10-8-13)30-22-17(11-16-6-4-5-14(2)20(16)24-22)12-19-21(28)25-23(29)26(19)15(3)27/h4-12H,1-3H3,(H,25,28,29)/b19-12-. The third-order valence-electron chi connectivity index (χ3n) is 4.78. The number of hydrogen-bond acceptors (Lipinski definition) is 5. The molecule has 150 valence electrons. The zero-order chi connectivity index (χ0) is 21.4. The summed E-state index contributed by atoms with van der Waals surface area (Å²) in [5, 5.41) is 4.35. The minimum absolute atomic E-state index is 0.0936. The molecule has 1 saturated heterocycles. The summed E-state index contributed by atoms with van der Waals surface area (Å²) in [6.07, 6.45) is 1.68. The number of nitrogens with one attached hydrogen (secondary N) is 1. The van der Waals surface area contributed by atoms with E-state index in [1.54, 1.807) is 6.08 Å². The van der Waals surface area contributed by atoms with Crippen LogP contribution >= 0.6 is 24.0 Å². The number of carbonyl (C=O) groups is 2. The minimum atomic E-state index is -0.397. The molecule has 2 heterocycles. The van der Waals surface area contributed by atoms with Crippen LogP contribution in [0.25, 0.3) is 17.0 Å². The summed E-state index contributed by atoms with van der Waals surface area (Å²) in [4.78, 5) is 31.6. The molecule has 0 bridgehead atoms. The second kappa shape index (κ2) is 8.01. The molecule has 1 aliphatic heterocycles. The molecule has 1 aromatic heterocycles. The second-order valence-electron chi connectivity index (χ2n) is 7.09. The van der Waals surface area contributed by atoms with Gasteiger partial charge in [0.2, 0.25) is 5.91 Å². The average Bonchev–Trinajstić information content (AvgIpc) is 2.98. The van der Waals surface area contributed by atoms with Crippen molar-refractivity contribution in [3.63, 3.8) is 0 Å². The molecule has 5 nitrogen and oxygen atoms in total. The first-order valence-corrected chi connectivity index (χ1v) is 10.6. The van der Waals surface area contributed by atoms with Crippen molar-refractivity contribution in [1.29, 1.82) is 0 Å². The molecule has 0 atom stereocenters. The highest BCUT2D eigenvalue weighted by atomic mass is 32.2. The van der Waals surface area contributed by atoms with Gasteiger partial charge in [0.05, 0.1) is 5.52 Å². The van der Waals surface area contributed by atoms with Crippen LogP contribution in [0.4, 0.5) is 0 Å². The van der Waals surface area contributed by atoms with Gasteiger partial charge in [-0.3, -0.25) is 19.8 Å². The second-order valence-corrected chi connectivity index (χ2v) is 8.54. The number of aryl methyl sites for hydroxylation is 2. The summed E-state index contributed by atoms with van der Waals surface area (Å²) >= 11 is 6.66. The number of benzene rings is 2. The Morgan fingerprint density at radius 2 is 1.90 bits per heavy atom. The molecule has 2 amide bonds. The Morgan fingerprint density at radius 3 is 2.60 bits per heavy atom. The number of para-hydroxylation sites is 1. The molecule has 1 fully saturated rings. The predicted molar refractivity (Wildman–Crippen MR) is 123 cm³/mol. The van der Waals surface area contributed by atoms with Crippen LogP contribution in [0, 0.1) is 13.8 Å². The van der Waals surface area contributed by atoms with Crippen molar-refractivity contribution < 1.29 is 9.59 Å². The van der Waals surface area contributed by atoms with Gasteiger partial charge in [-0.25, -0.2) is 4.98 Å². The van der Waals surface area contributed by atoms with E-state index in [1.807, 2.05) is 62.4 Å². The fourth-order valence-electron chi connectivity index (χ4n) is 3.27. The molecule has 30 heavy (non-hydrogen) atoms. The molecule has 4 rings (SSSR count). The number of aromatic nitrogens is 1. The predicted octanol–water partition coefficient (Wildman–Crippen LogP) is 4.61. The van der Waals surface area contributed by atoms with Crippen LogP contribution in [0.3, 0.4) is 0 Å². The van der Waals surface area contributed by atoms with E-state index in [2.05, 4.69) is 5.32 Å². The van der Waals surface area contributed by atoms with Crippen molar-refractivity contribution in [2.75, 3.05) is 0 Å². The van der Waals surface area contributed by atoms with Gasteiger partial charge in [-0.2, -0.15) is 0 Å². The molecule has 0 radical (unpaired) electrons. The van der Waals surface area contributed by atoms with Gasteiger partial charge in [0, 0.05) is 22.8 Å². The summed E-state index contributed by atoms with van der Waals surface area (Å²) in [7, 11) is 0. The van der Waals surface area contributed by atoms with Crippen molar-refractivity contribution in [3.8, 4) is 0 Å². The SMILES string of the molecule is CC(=O)N1C(=S)NC(=O)/C1=C/c1cc2cccc(C)c2nc1Sc1ccc(C)cc1. The summed E-state index contributed by atoms with van der Waals surface area (Å²) in [5.74, 6) is -0.715. The van der Waals surface area contributed by atoms with Crippen LogP contribution in [0.1, 0.15) is 23.6 Å². The van der Waals surface area contributed by atoms with Gasteiger partial charge in [-0.15, -0.1) is 0 Å². The molecule has 2 aromatic carbocycles. The quantitative estimate of drug-likeness (QED) is 0.483. The number of nitrogens with zero attached hydrogens (tertiary/aromatic N) is 2. The van der Waals surface area contributed by atoms with Crippen LogP contribution in [0.5, 0.6) is 0 Å².